The zero-order valence-corrected chi connectivity index (χ0v) is 13.0. The van der Waals surface area contributed by atoms with Gasteiger partial charge in [0.05, 0.1) is 26.0 Å². The maximum absolute atomic E-state index is 11.9. The quantitative estimate of drug-likeness (QED) is 0.750. The average Bonchev–Trinajstić information content (AvgIpc) is 2.47. The van der Waals surface area contributed by atoms with Gasteiger partial charge in [0, 0.05) is 6.42 Å². The van der Waals surface area contributed by atoms with Crippen LogP contribution >= 0.6 is 0 Å². The van der Waals surface area contributed by atoms with Gasteiger partial charge in [-0.2, -0.15) is 0 Å². The monoisotopic (exact) mass is 307 g/mol. The van der Waals surface area contributed by atoms with Gasteiger partial charge in [0.2, 0.25) is 5.91 Å². The summed E-state index contributed by atoms with van der Waals surface area (Å²) in [4.78, 5) is 34.0. The number of esters is 1. The van der Waals surface area contributed by atoms with Crippen LogP contribution in [0.3, 0.4) is 0 Å². The van der Waals surface area contributed by atoms with Crippen molar-refractivity contribution in [2.45, 2.75) is 39.2 Å². The Hall–Kier alpha value is -2.37. The van der Waals surface area contributed by atoms with Crippen molar-refractivity contribution < 1.29 is 24.2 Å². The van der Waals surface area contributed by atoms with Crippen LogP contribution in [0.1, 0.15) is 42.0 Å². The molecule has 0 saturated heterocycles. The molecule has 0 saturated carbocycles. The van der Waals surface area contributed by atoms with Crippen molar-refractivity contribution in [2.24, 2.45) is 0 Å². The predicted molar refractivity (Wildman–Crippen MR) is 80.3 cm³/mol. The predicted octanol–water partition coefficient (Wildman–Crippen LogP) is 1.89. The Labute approximate surface area is 129 Å². The Kier molecular flexibility index (Phi) is 6.56. The SMILES string of the molecule is COC(=O)CC(NC(=O)CCC(=O)O)c1cccc(C)c1C. The first kappa shape index (κ1) is 17.7. The van der Waals surface area contributed by atoms with Gasteiger partial charge in [-0.1, -0.05) is 18.2 Å². The Balaban J connectivity index is 2.93. The number of carboxylic acid groups (broad SMARTS) is 1. The second-order valence-corrected chi connectivity index (χ2v) is 5.08. The first-order valence-corrected chi connectivity index (χ1v) is 6.99. The summed E-state index contributed by atoms with van der Waals surface area (Å²) in [6.45, 7) is 3.86. The van der Waals surface area contributed by atoms with Crippen LogP contribution in [0, 0.1) is 13.8 Å². The number of amides is 1. The van der Waals surface area contributed by atoms with Crippen molar-refractivity contribution in [3.8, 4) is 0 Å². The summed E-state index contributed by atoms with van der Waals surface area (Å²) < 4.78 is 4.67. The maximum atomic E-state index is 11.9. The highest BCUT2D eigenvalue weighted by Gasteiger charge is 2.21. The maximum Gasteiger partial charge on any atom is 0.307 e. The molecular formula is C16H21NO5. The normalized spacial score (nSPS) is 11.6. The molecule has 0 bridgehead atoms. The Morgan fingerprint density at radius 1 is 1.23 bits per heavy atom. The number of hydrogen-bond acceptors (Lipinski definition) is 4. The number of aryl methyl sites for hydroxylation is 1. The van der Waals surface area contributed by atoms with E-state index in [2.05, 4.69) is 10.1 Å². The molecule has 6 nitrogen and oxygen atoms in total. The van der Waals surface area contributed by atoms with E-state index in [1.54, 1.807) is 0 Å². The molecule has 1 aromatic rings. The van der Waals surface area contributed by atoms with E-state index in [9.17, 15) is 14.4 Å². The number of benzene rings is 1. The molecule has 0 spiro atoms. The standard InChI is InChI=1S/C16H21NO5/c1-10-5-4-6-12(11(10)2)13(9-16(21)22-3)17-14(18)7-8-15(19)20/h4-6,13H,7-9H2,1-3H3,(H,17,18)(H,19,20). The number of rotatable bonds is 7. The fraction of sp³-hybridized carbons (Fsp3) is 0.438. The molecule has 1 atom stereocenters. The minimum absolute atomic E-state index is 0.000392. The summed E-state index contributed by atoms with van der Waals surface area (Å²) >= 11 is 0. The van der Waals surface area contributed by atoms with Crippen LogP contribution in [-0.4, -0.2) is 30.1 Å². The van der Waals surface area contributed by atoms with Gasteiger partial charge in [-0.15, -0.1) is 0 Å². The minimum Gasteiger partial charge on any atom is -0.481 e. The Morgan fingerprint density at radius 3 is 2.50 bits per heavy atom. The van der Waals surface area contributed by atoms with E-state index in [0.29, 0.717) is 0 Å². The fourth-order valence-corrected chi connectivity index (χ4v) is 2.13. The molecule has 6 heteroatoms. The molecule has 1 unspecified atom stereocenters. The number of nitrogens with one attached hydrogen (secondary N) is 1. The van der Waals surface area contributed by atoms with Crippen LogP contribution in [0.2, 0.25) is 0 Å². The number of hydrogen-bond donors (Lipinski definition) is 2. The first-order chi connectivity index (χ1) is 10.3. The van der Waals surface area contributed by atoms with Gasteiger partial charge in [-0.25, -0.2) is 0 Å². The molecule has 0 aliphatic heterocycles. The van der Waals surface area contributed by atoms with Crippen molar-refractivity contribution in [2.75, 3.05) is 7.11 Å². The second kappa shape index (κ2) is 8.17. The number of carbonyl (C=O) groups is 3. The van der Waals surface area contributed by atoms with Crippen molar-refractivity contribution >= 4 is 17.8 Å². The highest BCUT2D eigenvalue weighted by molar-refractivity contribution is 5.81. The lowest BCUT2D eigenvalue weighted by Gasteiger charge is -2.21. The van der Waals surface area contributed by atoms with Gasteiger partial charge in [0.1, 0.15) is 0 Å². The molecule has 120 valence electrons. The van der Waals surface area contributed by atoms with E-state index in [4.69, 9.17) is 5.11 Å². The first-order valence-electron chi connectivity index (χ1n) is 6.99. The van der Waals surface area contributed by atoms with Crippen molar-refractivity contribution in [3.05, 3.63) is 34.9 Å². The lowest BCUT2D eigenvalue weighted by molar-refractivity contribution is -0.142. The molecule has 1 amide bonds. The highest BCUT2D eigenvalue weighted by Crippen LogP contribution is 2.23. The molecule has 0 aliphatic rings. The number of carboxylic acids is 1. The van der Waals surface area contributed by atoms with Gasteiger partial charge in [-0.05, 0) is 30.5 Å². The molecule has 0 aromatic heterocycles. The molecule has 2 N–H and O–H groups in total. The molecule has 1 aromatic carbocycles. The molecule has 0 aliphatic carbocycles. The summed E-state index contributed by atoms with van der Waals surface area (Å²) in [5.74, 6) is -1.88. The van der Waals surface area contributed by atoms with E-state index in [-0.39, 0.29) is 19.3 Å². The van der Waals surface area contributed by atoms with Crippen LogP contribution in [-0.2, 0) is 19.1 Å². The van der Waals surface area contributed by atoms with Gasteiger partial charge < -0.3 is 15.2 Å². The number of ether oxygens (including phenoxy) is 1. The number of aliphatic carboxylic acids is 1. The van der Waals surface area contributed by atoms with Gasteiger partial charge in [-0.3, -0.25) is 14.4 Å². The highest BCUT2D eigenvalue weighted by atomic mass is 16.5. The second-order valence-electron chi connectivity index (χ2n) is 5.08. The zero-order valence-electron chi connectivity index (χ0n) is 13.0. The topological polar surface area (TPSA) is 92.7 Å². The van der Waals surface area contributed by atoms with Crippen molar-refractivity contribution in [3.63, 3.8) is 0 Å². The number of carbonyl (C=O) groups excluding carboxylic acids is 2. The van der Waals surface area contributed by atoms with E-state index < -0.39 is 23.9 Å². The third-order valence-corrected chi connectivity index (χ3v) is 3.52. The largest absolute Gasteiger partial charge is 0.481 e. The Bertz CT molecular complexity index is 568. The summed E-state index contributed by atoms with van der Waals surface area (Å²) in [7, 11) is 1.29. The van der Waals surface area contributed by atoms with Crippen LogP contribution in [0.5, 0.6) is 0 Å². The zero-order chi connectivity index (χ0) is 16.7. The average molecular weight is 307 g/mol. The molecular weight excluding hydrogens is 286 g/mol. The van der Waals surface area contributed by atoms with E-state index in [1.165, 1.54) is 7.11 Å². The third-order valence-electron chi connectivity index (χ3n) is 3.52. The third kappa shape index (κ3) is 5.20. The van der Waals surface area contributed by atoms with E-state index in [0.717, 1.165) is 16.7 Å². The Morgan fingerprint density at radius 2 is 1.91 bits per heavy atom. The van der Waals surface area contributed by atoms with E-state index in [1.807, 2.05) is 32.0 Å². The molecule has 0 radical (unpaired) electrons. The molecule has 0 fully saturated rings. The van der Waals surface area contributed by atoms with Gasteiger partial charge >= 0.3 is 11.9 Å². The summed E-state index contributed by atoms with van der Waals surface area (Å²) in [5.41, 5.74) is 2.86. The minimum atomic E-state index is -1.04. The fourth-order valence-electron chi connectivity index (χ4n) is 2.13. The summed E-state index contributed by atoms with van der Waals surface area (Å²) in [6, 6.07) is 5.10. The smallest absolute Gasteiger partial charge is 0.307 e. The van der Waals surface area contributed by atoms with Gasteiger partial charge in [0.25, 0.3) is 0 Å². The lowest BCUT2D eigenvalue weighted by atomic mass is 9.95. The van der Waals surface area contributed by atoms with Gasteiger partial charge in [0.15, 0.2) is 0 Å². The molecule has 0 heterocycles. The van der Waals surface area contributed by atoms with Crippen LogP contribution in [0.15, 0.2) is 18.2 Å². The van der Waals surface area contributed by atoms with Crippen LogP contribution < -0.4 is 5.32 Å². The summed E-state index contributed by atoms with van der Waals surface area (Å²) in [5, 5.41) is 11.3. The summed E-state index contributed by atoms with van der Waals surface area (Å²) in [6.07, 6.45) is -0.374. The van der Waals surface area contributed by atoms with Crippen molar-refractivity contribution in [1.29, 1.82) is 0 Å². The van der Waals surface area contributed by atoms with E-state index >= 15 is 0 Å². The molecule has 1 rings (SSSR count). The van der Waals surface area contributed by atoms with Crippen LogP contribution in [0.25, 0.3) is 0 Å². The van der Waals surface area contributed by atoms with Crippen molar-refractivity contribution in [1.82, 2.24) is 5.32 Å². The number of methoxy groups -OCH3 is 1. The molecule has 22 heavy (non-hydrogen) atoms. The lowest BCUT2D eigenvalue weighted by Crippen LogP contribution is -2.31. The van der Waals surface area contributed by atoms with Crippen LogP contribution in [0.4, 0.5) is 0 Å².